The fourth-order valence-electron chi connectivity index (χ4n) is 6.92. The quantitative estimate of drug-likeness (QED) is 0.0441. The van der Waals surface area contributed by atoms with E-state index in [2.05, 4.69) is 44.5 Å². The Hall–Kier alpha value is 2.39. The molecule has 0 fully saturated rings. The third kappa shape index (κ3) is 13.7. The van der Waals surface area contributed by atoms with E-state index in [0.717, 1.165) is 38.5 Å². The fraction of sp³-hybridized carbons (Fsp3) is 1.00. The zero-order chi connectivity index (χ0) is 40.7. The lowest BCUT2D eigenvalue weighted by Crippen LogP contribution is -2.63. The molecular formula is C35H78O9S6Si3. The van der Waals surface area contributed by atoms with E-state index in [1.165, 1.54) is 0 Å². The van der Waals surface area contributed by atoms with Gasteiger partial charge in [-0.1, -0.05) is 6.92 Å². The van der Waals surface area contributed by atoms with Crippen molar-refractivity contribution in [3.8, 4) is 0 Å². The van der Waals surface area contributed by atoms with Crippen molar-refractivity contribution in [3.63, 3.8) is 0 Å². The molecule has 18 heteroatoms. The van der Waals surface area contributed by atoms with Crippen molar-refractivity contribution in [2.75, 3.05) is 97.0 Å². The van der Waals surface area contributed by atoms with Crippen LogP contribution < -0.4 is 0 Å². The minimum atomic E-state index is -3.14. The molecule has 0 aliphatic carbocycles. The molecule has 0 amide bonds. The van der Waals surface area contributed by atoms with E-state index in [9.17, 15) is 0 Å². The van der Waals surface area contributed by atoms with E-state index in [1.54, 1.807) is 0 Å². The van der Waals surface area contributed by atoms with Crippen LogP contribution in [0, 0.1) is 5.41 Å². The molecule has 0 heterocycles. The van der Waals surface area contributed by atoms with Crippen LogP contribution in [0.2, 0.25) is 0 Å². The van der Waals surface area contributed by atoms with Crippen molar-refractivity contribution in [1.29, 1.82) is 0 Å². The lowest BCUT2D eigenvalue weighted by Gasteiger charge is -2.48. The Morgan fingerprint density at radius 3 is 0.566 bits per heavy atom. The highest BCUT2D eigenvalue weighted by molar-refractivity contribution is 8.20. The summed E-state index contributed by atoms with van der Waals surface area (Å²) in [6, 6.07) is 0. The molecule has 0 radical (unpaired) electrons. The molecule has 0 rings (SSSR count). The minimum Gasteiger partial charge on any atom is -0.372 e. The molecular weight excluding hydrogens is 841 g/mol. The van der Waals surface area contributed by atoms with Gasteiger partial charge in [-0.05, 0) is 144 Å². The van der Waals surface area contributed by atoms with Crippen LogP contribution in [-0.4, -0.2) is 135 Å². The summed E-state index contributed by atoms with van der Waals surface area (Å²) in [4.78, 5) is 0. The Labute approximate surface area is 355 Å². The van der Waals surface area contributed by atoms with Crippen molar-refractivity contribution >= 4 is 97.0 Å². The SMILES string of the molecule is CCO[Si](OCC)(OCC)C(CCC(C)(CCC(SC)(SC)[Si](OCC)(OCC)OCC)CCC(SC)(SC)[Si](OCC)(OCC)OCC)(SC)SC. The van der Waals surface area contributed by atoms with Crippen LogP contribution in [0.25, 0.3) is 0 Å². The Morgan fingerprint density at radius 2 is 0.453 bits per heavy atom. The number of rotatable bonds is 36. The van der Waals surface area contributed by atoms with Gasteiger partial charge in [-0.15, -0.1) is 70.6 Å². The van der Waals surface area contributed by atoms with Crippen molar-refractivity contribution in [2.45, 2.75) is 119 Å². The second-order valence-electron chi connectivity index (χ2n) is 12.4. The van der Waals surface area contributed by atoms with Crippen LogP contribution >= 0.6 is 70.6 Å². The summed E-state index contributed by atoms with van der Waals surface area (Å²) in [6.07, 6.45) is 18.5. The average Bonchev–Trinajstić information content (AvgIpc) is 3.14. The van der Waals surface area contributed by atoms with E-state index in [-0.39, 0.29) is 16.5 Å². The summed E-state index contributed by atoms with van der Waals surface area (Å²) in [7, 11) is -9.43. The second kappa shape index (κ2) is 28.0. The van der Waals surface area contributed by atoms with Gasteiger partial charge in [-0.2, -0.15) is 0 Å². The molecule has 0 aromatic rings. The van der Waals surface area contributed by atoms with Crippen molar-refractivity contribution in [3.05, 3.63) is 0 Å². The first-order valence-electron chi connectivity index (χ1n) is 19.3. The normalized spacial score (nSPS) is 14.0. The number of hydrogen-bond acceptors (Lipinski definition) is 15. The van der Waals surface area contributed by atoms with Crippen LogP contribution in [0.5, 0.6) is 0 Å². The molecule has 0 bridgehead atoms. The van der Waals surface area contributed by atoms with Crippen LogP contribution in [0.15, 0.2) is 0 Å². The van der Waals surface area contributed by atoms with Crippen molar-refractivity contribution < 1.29 is 39.8 Å². The Bertz CT molecular complexity index is 775. The summed E-state index contributed by atoms with van der Waals surface area (Å²) in [5, 5.41) is 0. The molecule has 0 saturated heterocycles. The third-order valence-corrected chi connectivity index (χ3v) is 35.5. The fourth-order valence-corrected chi connectivity index (χ4v) is 27.4. The van der Waals surface area contributed by atoms with Gasteiger partial charge in [0.1, 0.15) is 11.1 Å². The highest BCUT2D eigenvalue weighted by Crippen LogP contribution is 2.56. The molecule has 53 heavy (non-hydrogen) atoms. The zero-order valence-corrected chi connectivity index (χ0v) is 44.1. The predicted molar refractivity (Wildman–Crippen MR) is 247 cm³/mol. The summed E-state index contributed by atoms with van der Waals surface area (Å²) >= 11 is 11.0. The van der Waals surface area contributed by atoms with Gasteiger partial charge < -0.3 is 39.8 Å². The van der Waals surface area contributed by atoms with Crippen LogP contribution in [0.4, 0.5) is 0 Å². The van der Waals surface area contributed by atoms with E-state index in [0.29, 0.717) is 59.5 Å². The van der Waals surface area contributed by atoms with Crippen LogP contribution in [0.1, 0.15) is 108 Å². The molecule has 9 nitrogen and oxygen atoms in total. The smallest absolute Gasteiger partial charge is 0.372 e. The topological polar surface area (TPSA) is 83.1 Å². The first-order chi connectivity index (χ1) is 25.3. The van der Waals surface area contributed by atoms with Crippen molar-refractivity contribution in [1.82, 2.24) is 0 Å². The number of hydrogen-bond donors (Lipinski definition) is 0. The molecule has 0 unspecified atom stereocenters. The first-order valence-corrected chi connectivity index (χ1v) is 31.9. The maximum absolute atomic E-state index is 6.62. The molecule has 0 N–H and O–H groups in total. The Balaban J connectivity index is 7.53. The van der Waals surface area contributed by atoms with E-state index < -0.39 is 26.4 Å². The van der Waals surface area contributed by atoms with E-state index >= 15 is 0 Å². The monoisotopic (exact) mass is 918 g/mol. The molecule has 320 valence electrons. The Morgan fingerprint density at radius 1 is 0.302 bits per heavy atom. The molecule has 0 aromatic heterocycles. The van der Waals surface area contributed by atoms with Gasteiger partial charge in [-0.25, -0.2) is 0 Å². The van der Waals surface area contributed by atoms with Gasteiger partial charge in [0.2, 0.25) is 0 Å². The minimum absolute atomic E-state index is 0.121. The standard InChI is InChI=1S/C35H78O9S6Si3/c1-17-36-51(37-18-2,38-19-3)33(45-11,46-12)29-26-32(10,27-30-34(47-13,48-14)52(39-20-4,40-21-5)41-22-6)28-31-35(49-15,50-16)53(42-23-7,43-24-8)44-25-9/h17-31H2,1-16H3. The first kappa shape index (κ1) is 55.4. The van der Waals surface area contributed by atoms with Gasteiger partial charge in [0, 0.05) is 59.5 Å². The lowest BCUT2D eigenvalue weighted by molar-refractivity contribution is 0.0614. The molecule has 0 aliphatic rings. The van der Waals surface area contributed by atoms with Gasteiger partial charge in [0.05, 0.1) is 0 Å². The van der Waals surface area contributed by atoms with E-state index in [1.807, 2.05) is 133 Å². The van der Waals surface area contributed by atoms with Gasteiger partial charge in [0.15, 0.2) is 0 Å². The predicted octanol–water partition coefficient (Wildman–Crippen LogP) is 10.4. The van der Waals surface area contributed by atoms with Gasteiger partial charge in [0.25, 0.3) is 0 Å². The lowest BCUT2D eigenvalue weighted by atomic mass is 9.77. The number of thioether (sulfide) groups is 6. The maximum atomic E-state index is 6.62. The largest absolute Gasteiger partial charge is 0.528 e. The van der Waals surface area contributed by atoms with Crippen LogP contribution in [-0.2, 0) is 39.8 Å². The maximum Gasteiger partial charge on any atom is 0.528 e. The molecule has 0 saturated carbocycles. The van der Waals surface area contributed by atoms with Gasteiger partial charge in [-0.3, -0.25) is 0 Å². The highest BCUT2D eigenvalue weighted by atomic mass is 32.2. The third-order valence-electron chi connectivity index (χ3n) is 9.56. The summed E-state index contributed by atoms with van der Waals surface area (Å²) in [6.45, 7) is 25.7. The molecule has 0 spiro atoms. The van der Waals surface area contributed by atoms with Gasteiger partial charge >= 0.3 is 26.4 Å². The average molecular weight is 920 g/mol. The summed E-state index contributed by atoms with van der Waals surface area (Å²) in [5.41, 5.74) is -0.121. The highest BCUT2D eigenvalue weighted by Gasteiger charge is 2.64. The zero-order valence-electron chi connectivity index (χ0n) is 36.2. The molecule has 0 aromatic carbocycles. The van der Waals surface area contributed by atoms with E-state index in [4.69, 9.17) is 39.8 Å². The summed E-state index contributed by atoms with van der Waals surface area (Å²) < 4.78 is 58.5. The molecule has 0 aliphatic heterocycles. The second-order valence-corrected chi connectivity index (χ2v) is 30.4. The summed E-state index contributed by atoms with van der Waals surface area (Å²) in [5.74, 6) is 0. The van der Waals surface area contributed by atoms with Crippen LogP contribution in [0.3, 0.4) is 0 Å². The molecule has 0 atom stereocenters. The van der Waals surface area contributed by atoms with Crippen molar-refractivity contribution in [2.24, 2.45) is 5.41 Å². The Kier molecular flexibility index (Phi) is 29.3.